The number of nitrogens with one attached hydrogen (secondary N) is 1. The van der Waals surface area contributed by atoms with Crippen molar-refractivity contribution in [1.82, 2.24) is 10.5 Å². The van der Waals surface area contributed by atoms with Gasteiger partial charge in [-0.25, -0.2) is 4.79 Å². The van der Waals surface area contributed by atoms with Gasteiger partial charge in [-0.05, 0) is 30.4 Å². The summed E-state index contributed by atoms with van der Waals surface area (Å²) in [7, 11) is 0. The topological polar surface area (TPSA) is 81.4 Å². The first-order valence-corrected chi connectivity index (χ1v) is 8.39. The highest BCUT2D eigenvalue weighted by Crippen LogP contribution is 2.22. The minimum Gasteiger partial charge on any atom is -0.450 e. The molecule has 134 valence electrons. The van der Waals surface area contributed by atoms with Crippen molar-refractivity contribution in [2.45, 2.75) is 40.2 Å². The molecule has 0 unspecified atom stereocenters. The predicted octanol–water partition coefficient (Wildman–Crippen LogP) is 3.22. The summed E-state index contributed by atoms with van der Waals surface area (Å²) >= 11 is 0. The quantitative estimate of drug-likeness (QED) is 0.780. The molecule has 1 aromatic carbocycles. The summed E-state index contributed by atoms with van der Waals surface area (Å²) in [6.45, 7) is 7.49. The molecule has 0 saturated heterocycles. The Bertz CT molecular complexity index is 719. The maximum Gasteiger partial charge on any atom is 0.377 e. The van der Waals surface area contributed by atoms with Crippen molar-refractivity contribution in [3.63, 3.8) is 0 Å². The first-order valence-electron chi connectivity index (χ1n) is 8.39. The van der Waals surface area contributed by atoms with Crippen LogP contribution in [0.4, 0.5) is 0 Å². The van der Waals surface area contributed by atoms with Gasteiger partial charge in [0.15, 0.2) is 6.61 Å². The highest BCUT2D eigenvalue weighted by Gasteiger charge is 2.20. The molecule has 25 heavy (non-hydrogen) atoms. The summed E-state index contributed by atoms with van der Waals surface area (Å²) in [5, 5.41) is 6.53. The molecule has 6 nitrogen and oxygen atoms in total. The zero-order valence-electron chi connectivity index (χ0n) is 15.0. The molecule has 1 atom stereocenters. The Morgan fingerprint density at radius 2 is 1.92 bits per heavy atom. The van der Waals surface area contributed by atoms with E-state index >= 15 is 0 Å². The van der Waals surface area contributed by atoms with Gasteiger partial charge >= 0.3 is 5.97 Å². The molecule has 0 spiro atoms. The number of nitrogens with zero attached hydrogens (tertiary/aromatic N) is 1. The Morgan fingerprint density at radius 1 is 1.24 bits per heavy atom. The van der Waals surface area contributed by atoms with Crippen LogP contribution in [0.5, 0.6) is 0 Å². The standard InChI is InChI=1S/C19H24N2O4/c1-5-14-6-8-15(9-7-14)18(12(2)3)20-17(22)11-24-19(23)16-10-13(4)21-25-16/h6-10,12,18H,5,11H2,1-4H3,(H,20,22)/t18-/m1/s1. The SMILES string of the molecule is CCc1ccc([C@H](NC(=O)COC(=O)c2cc(C)no2)C(C)C)cc1. The third-order valence-corrected chi connectivity index (χ3v) is 3.89. The number of carbonyl (C=O) groups is 2. The molecule has 6 heteroatoms. The molecule has 0 saturated carbocycles. The Balaban J connectivity index is 1.94. The van der Waals surface area contributed by atoms with Crippen molar-refractivity contribution in [2.24, 2.45) is 5.92 Å². The van der Waals surface area contributed by atoms with Crippen LogP contribution in [0, 0.1) is 12.8 Å². The highest BCUT2D eigenvalue weighted by molar-refractivity contribution is 5.88. The third kappa shape index (κ3) is 5.17. The summed E-state index contributed by atoms with van der Waals surface area (Å²) in [4.78, 5) is 23.9. The van der Waals surface area contributed by atoms with Crippen LogP contribution in [0.1, 0.15) is 54.2 Å². The Hall–Kier alpha value is -2.63. The lowest BCUT2D eigenvalue weighted by Crippen LogP contribution is -2.35. The summed E-state index contributed by atoms with van der Waals surface area (Å²) in [5.41, 5.74) is 2.85. The van der Waals surface area contributed by atoms with Gasteiger partial charge in [0.1, 0.15) is 0 Å². The number of ether oxygens (including phenoxy) is 1. The molecule has 1 N–H and O–H groups in total. The molecule has 1 amide bonds. The molecule has 0 aliphatic rings. The van der Waals surface area contributed by atoms with Crippen LogP contribution in [0.15, 0.2) is 34.9 Å². The van der Waals surface area contributed by atoms with E-state index in [1.807, 2.05) is 26.0 Å². The van der Waals surface area contributed by atoms with E-state index in [0.717, 1.165) is 12.0 Å². The number of aromatic nitrogens is 1. The van der Waals surface area contributed by atoms with E-state index in [1.165, 1.54) is 11.6 Å². The number of rotatable bonds is 7. The van der Waals surface area contributed by atoms with Crippen molar-refractivity contribution in [2.75, 3.05) is 6.61 Å². The van der Waals surface area contributed by atoms with Crippen molar-refractivity contribution < 1.29 is 18.8 Å². The van der Waals surface area contributed by atoms with Crippen LogP contribution in [-0.4, -0.2) is 23.6 Å². The molecule has 0 aliphatic heterocycles. The number of aryl methyl sites for hydroxylation is 2. The van der Waals surface area contributed by atoms with Gasteiger partial charge in [-0.2, -0.15) is 0 Å². The van der Waals surface area contributed by atoms with Crippen LogP contribution in [0.2, 0.25) is 0 Å². The normalized spacial score (nSPS) is 12.0. The van der Waals surface area contributed by atoms with E-state index in [0.29, 0.717) is 5.69 Å². The molecule has 1 heterocycles. The Kier molecular flexibility index (Phi) is 6.33. The summed E-state index contributed by atoms with van der Waals surface area (Å²) in [6, 6.07) is 9.48. The maximum absolute atomic E-state index is 12.2. The number of carbonyl (C=O) groups excluding carboxylic acids is 2. The van der Waals surface area contributed by atoms with E-state index in [4.69, 9.17) is 9.26 Å². The average Bonchev–Trinajstić information content (AvgIpc) is 3.04. The molecule has 2 aromatic rings. The second kappa shape index (κ2) is 8.46. The number of hydrogen-bond acceptors (Lipinski definition) is 5. The molecule has 0 bridgehead atoms. The third-order valence-electron chi connectivity index (χ3n) is 3.89. The summed E-state index contributed by atoms with van der Waals surface area (Å²) in [5.74, 6) is -0.878. The van der Waals surface area contributed by atoms with Crippen LogP contribution in [0.25, 0.3) is 0 Å². The summed E-state index contributed by atoms with van der Waals surface area (Å²) in [6.07, 6.45) is 0.968. The van der Waals surface area contributed by atoms with Crippen molar-refractivity contribution in [3.8, 4) is 0 Å². The minimum absolute atomic E-state index is 0.0131. The number of benzene rings is 1. The maximum atomic E-state index is 12.2. The Labute approximate surface area is 147 Å². The van der Waals surface area contributed by atoms with Gasteiger partial charge < -0.3 is 14.6 Å². The second-order valence-electron chi connectivity index (χ2n) is 6.29. The first-order chi connectivity index (χ1) is 11.9. The monoisotopic (exact) mass is 344 g/mol. The lowest BCUT2D eigenvalue weighted by atomic mass is 9.95. The number of hydrogen-bond donors (Lipinski definition) is 1. The largest absolute Gasteiger partial charge is 0.450 e. The van der Waals surface area contributed by atoms with E-state index in [1.54, 1.807) is 6.92 Å². The van der Waals surface area contributed by atoms with E-state index in [9.17, 15) is 9.59 Å². The first kappa shape index (κ1) is 18.7. The van der Waals surface area contributed by atoms with Crippen molar-refractivity contribution >= 4 is 11.9 Å². The van der Waals surface area contributed by atoms with E-state index in [2.05, 4.69) is 29.5 Å². The van der Waals surface area contributed by atoms with Gasteiger partial charge in [0, 0.05) is 6.07 Å². The minimum atomic E-state index is -0.704. The fourth-order valence-electron chi connectivity index (χ4n) is 2.47. The van der Waals surface area contributed by atoms with Crippen molar-refractivity contribution in [3.05, 3.63) is 52.9 Å². The molecule has 2 rings (SSSR count). The highest BCUT2D eigenvalue weighted by atomic mass is 16.6. The van der Waals surface area contributed by atoms with Crippen LogP contribution in [0.3, 0.4) is 0 Å². The van der Waals surface area contributed by atoms with E-state index < -0.39 is 5.97 Å². The van der Waals surface area contributed by atoms with E-state index in [-0.39, 0.29) is 30.2 Å². The van der Waals surface area contributed by atoms with Gasteiger partial charge in [-0.3, -0.25) is 4.79 Å². The lowest BCUT2D eigenvalue weighted by Gasteiger charge is -2.23. The zero-order valence-corrected chi connectivity index (χ0v) is 15.0. The van der Waals surface area contributed by atoms with Gasteiger partial charge in [0.05, 0.1) is 11.7 Å². The molecule has 0 fully saturated rings. The second-order valence-corrected chi connectivity index (χ2v) is 6.29. The van der Waals surface area contributed by atoms with Gasteiger partial charge in [-0.15, -0.1) is 0 Å². The number of esters is 1. The van der Waals surface area contributed by atoms with Gasteiger partial charge in [0.2, 0.25) is 5.76 Å². The smallest absolute Gasteiger partial charge is 0.377 e. The molecular weight excluding hydrogens is 320 g/mol. The lowest BCUT2D eigenvalue weighted by molar-refractivity contribution is -0.125. The van der Waals surface area contributed by atoms with Gasteiger partial charge in [-0.1, -0.05) is 50.2 Å². The molecule has 1 aromatic heterocycles. The molecule has 0 radical (unpaired) electrons. The zero-order chi connectivity index (χ0) is 18.4. The van der Waals surface area contributed by atoms with Crippen LogP contribution >= 0.6 is 0 Å². The number of amides is 1. The predicted molar refractivity (Wildman–Crippen MR) is 93.1 cm³/mol. The fourth-order valence-corrected chi connectivity index (χ4v) is 2.47. The summed E-state index contributed by atoms with van der Waals surface area (Å²) < 4.78 is 9.78. The molecule has 0 aliphatic carbocycles. The van der Waals surface area contributed by atoms with Crippen LogP contribution in [-0.2, 0) is 16.0 Å². The molecular formula is C19H24N2O4. The Morgan fingerprint density at radius 3 is 2.44 bits per heavy atom. The fraction of sp³-hybridized carbons (Fsp3) is 0.421. The van der Waals surface area contributed by atoms with Crippen molar-refractivity contribution in [1.29, 1.82) is 0 Å². The average molecular weight is 344 g/mol. The van der Waals surface area contributed by atoms with Gasteiger partial charge in [0.25, 0.3) is 5.91 Å². The van der Waals surface area contributed by atoms with Crippen LogP contribution < -0.4 is 5.32 Å².